The fraction of sp³-hybridized carbons (Fsp3) is 0.308. The van der Waals surface area contributed by atoms with Gasteiger partial charge in [-0.15, -0.1) is 0 Å². The molecule has 0 bridgehead atoms. The molecule has 1 heterocycles. The lowest BCUT2D eigenvalue weighted by atomic mass is 10.0. The summed E-state index contributed by atoms with van der Waals surface area (Å²) in [6.07, 6.45) is 1.77. The Balaban J connectivity index is 2.45. The molecule has 0 aliphatic carbocycles. The Hall–Kier alpha value is -1.61. The minimum Gasteiger partial charge on any atom is -0.356 e. The summed E-state index contributed by atoms with van der Waals surface area (Å²) in [5.41, 5.74) is 4.66. The lowest BCUT2D eigenvalue weighted by Gasteiger charge is -2.03. The molecule has 0 saturated carbocycles. The van der Waals surface area contributed by atoms with E-state index in [9.17, 15) is 0 Å². The maximum atomic E-state index is 5.32. The summed E-state index contributed by atoms with van der Waals surface area (Å²) >= 11 is 0. The highest BCUT2D eigenvalue weighted by molar-refractivity contribution is 5.62. The molecule has 0 radical (unpaired) electrons. The van der Waals surface area contributed by atoms with Crippen LogP contribution < -0.4 is 5.32 Å². The molecule has 0 amide bonds. The van der Waals surface area contributed by atoms with Crippen molar-refractivity contribution in [3.8, 4) is 11.3 Å². The molecule has 1 N–H and O–H groups in total. The summed E-state index contributed by atoms with van der Waals surface area (Å²) in [6.45, 7) is 4.95. The van der Waals surface area contributed by atoms with Gasteiger partial charge in [-0.1, -0.05) is 22.3 Å². The van der Waals surface area contributed by atoms with Crippen molar-refractivity contribution in [2.75, 3.05) is 7.05 Å². The molecule has 2 aromatic rings. The maximum Gasteiger partial charge on any atom is 0.171 e. The van der Waals surface area contributed by atoms with Crippen LogP contribution in [0.4, 0.5) is 0 Å². The highest BCUT2D eigenvalue weighted by Gasteiger charge is 2.10. The van der Waals surface area contributed by atoms with Crippen LogP contribution in [0.15, 0.2) is 28.9 Å². The van der Waals surface area contributed by atoms with E-state index in [-0.39, 0.29) is 0 Å². The quantitative estimate of drug-likeness (QED) is 0.857. The zero-order valence-electron chi connectivity index (χ0n) is 9.87. The molecule has 1 aromatic carbocycles. The summed E-state index contributed by atoms with van der Waals surface area (Å²) in [5.74, 6) is 0.862. The third kappa shape index (κ3) is 2.14. The van der Waals surface area contributed by atoms with Crippen LogP contribution in [0, 0.1) is 13.8 Å². The molecule has 2 rings (SSSR count). The van der Waals surface area contributed by atoms with Crippen LogP contribution in [0.5, 0.6) is 0 Å². The van der Waals surface area contributed by atoms with E-state index in [0.29, 0.717) is 0 Å². The molecule has 84 valence electrons. The van der Waals surface area contributed by atoms with Crippen LogP contribution >= 0.6 is 0 Å². The Morgan fingerprint density at radius 1 is 1.19 bits per heavy atom. The van der Waals surface area contributed by atoms with Gasteiger partial charge in [-0.25, -0.2) is 0 Å². The first-order valence-electron chi connectivity index (χ1n) is 5.37. The number of hydrogen-bond acceptors (Lipinski definition) is 3. The van der Waals surface area contributed by atoms with Crippen molar-refractivity contribution in [1.29, 1.82) is 0 Å². The van der Waals surface area contributed by atoms with E-state index in [0.717, 1.165) is 23.4 Å². The van der Waals surface area contributed by atoms with Crippen molar-refractivity contribution < 1.29 is 4.52 Å². The van der Waals surface area contributed by atoms with Crippen LogP contribution in [0.2, 0.25) is 0 Å². The first kappa shape index (κ1) is 10.9. The van der Waals surface area contributed by atoms with E-state index in [4.69, 9.17) is 4.52 Å². The number of benzene rings is 1. The number of aromatic nitrogens is 1. The molecule has 0 spiro atoms. The number of nitrogens with one attached hydrogen (secondary N) is 1. The van der Waals surface area contributed by atoms with Crippen LogP contribution in [0.3, 0.4) is 0 Å². The van der Waals surface area contributed by atoms with Gasteiger partial charge >= 0.3 is 0 Å². The highest BCUT2D eigenvalue weighted by Crippen LogP contribution is 2.25. The summed E-state index contributed by atoms with van der Waals surface area (Å²) in [5, 5.41) is 6.97. The Bertz CT molecular complexity index is 468. The monoisotopic (exact) mass is 216 g/mol. The largest absolute Gasteiger partial charge is 0.356 e. The van der Waals surface area contributed by atoms with Crippen molar-refractivity contribution >= 4 is 0 Å². The third-order valence-corrected chi connectivity index (χ3v) is 2.50. The van der Waals surface area contributed by atoms with E-state index in [2.05, 4.69) is 42.5 Å². The summed E-state index contributed by atoms with van der Waals surface area (Å²) in [7, 11) is 1.91. The van der Waals surface area contributed by atoms with Crippen molar-refractivity contribution in [2.45, 2.75) is 20.4 Å². The number of nitrogens with zero attached hydrogens (tertiary/aromatic N) is 1. The van der Waals surface area contributed by atoms with Gasteiger partial charge < -0.3 is 9.84 Å². The van der Waals surface area contributed by atoms with Crippen molar-refractivity contribution in [1.82, 2.24) is 10.5 Å². The van der Waals surface area contributed by atoms with Gasteiger partial charge in [0.25, 0.3) is 0 Å². The van der Waals surface area contributed by atoms with E-state index < -0.39 is 0 Å². The first-order valence-corrected chi connectivity index (χ1v) is 5.37. The predicted octanol–water partition coefficient (Wildman–Crippen LogP) is 2.68. The lowest BCUT2D eigenvalue weighted by molar-refractivity contribution is 0.431. The average molecular weight is 216 g/mol. The van der Waals surface area contributed by atoms with E-state index in [1.165, 1.54) is 11.1 Å². The zero-order chi connectivity index (χ0) is 11.5. The van der Waals surface area contributed by atoms with Crippen LogP contribution in [0.25, 0.3) is 11.3 Å². The van der Waals surface area contributed by atoms with Gasteiger partial charge in [0, 0.05) is 17.7 Å². The molecule has 0 unspecified atom stereocenters. The Kier molecular flexibility index (Phi) is 3.06. The highest BCUT2D eigenvalue weighted by atomic mass is 16.5. The molecular formula is C13H16N2O. The maximum absolute atomic E-state index is 5.32. The molecule has 0 aliphatic rings. The van der Waals surface area contributed by atoms with Gasteiger partial charge in [-0.2, -0.15) is 0 Å². The molecule has 1 aromatic heterocycles. The topological polar surface area (TPSA) is 38.1 Å². The van der Waals surface area contributed by atoms with Crippen molar-refractivity contribution in [3.05, 3.63) is 41.1 Å². The molecule has 3 nitrogen and oxygen atoms in total. The van der Waals surface area contributed by atoms with Crippen molar-refractivity contribution in [2.24, 2.45) is 0 Å². The fourth-order valence-electron chi connectivity index (χ4n) is 1.92. The molecule has 0 fully saturated rings. The smallest absolute Gasteiger partial charge is 0.171 e. The summed E-state index contributed by atoms with van der Waals surface area (Å²) < 4.78 is 5.32. The average Bonchev–Trinajstić information content (AvgIpc) is 2.65. The van der Waals surface area contributed by atoms with Crippen molar-refractivity contribution in [3.63, 3.8) is 0 Å². The second-order valence-corrected chi connectivity index (χ2v) is 4.09. The Morgan fingerprint density at radius 2 is 1.88 bits per heavy atom. The molecule has 3 heteroatoms. The number of rotatable bonds is 3. The van der Waals surface area contributed by atoms with Gasteiger partial charge in [0.15, 0.2) is 5.76 Å². The van der Waals surface area contributed by atoms with E-state index in [1.54, 1.807) is 6.20 Å². The molecule has 0 aliphatic heterocycles. The second kappa shape index (κ2) is 4.49. The Labute approximate surface area is 95.5 Å². The minimum absolute atomic E-state index is 0.770. The molecule has 0 atom stereocenters. The van der Waals surface area contributed by atoms with E-state index in [1.807, 2.05) is 7.05 Å². The predicted molar refractivity (Wildman–Crippen MR) is 64.2 cm³/mol. The standard InChI is InChI=1S/C13H16N2O/c1-9-4-10(2)6-11(5-9)13-12(7-14-3)8-15-16-13/h4-6,8,14H,7H2,1-3H3. The van der Waals surface area contributed by atoms with Crippen LogP contribution in [-0.2, 0) is 6.54 Å². The molecular weight excluding hydrogens is 200 g/mol. The van der Waals surface area contributed by atoms with Crippen LogP contribution in [0.1, 0.15) is 16.7 Å². The normalized spacial score (nSPS) is 10.7. The fourth-order valence-corrected chi connectivity index (χ4v) is 1.92. The second-order valence-electron chi connectivity index (χ2n) is 4.09. The van der Waals surface area contributed by atoms with Gasteiger partial charge in [-0.3, -0.25) is 0 Å². The zero-order valence-corrected chi connectivity index (χ0v) is 9.87. The summed E-state index contributed by atoms with van der Waals surface area (Å²) in [6, 6.07) is 6.39. The molecule has 16 heavy (non-hydrogen) atoms. The number of hydrogen-bond donors (Lipinski definition) is 1. The third-order valence-electron chi connectivity index (χ3n) is 2.50. The Morgan fingerprint density at radius 3 is 2.50 bits per heavy atom. The number of aryl methyl sites for hydroxylation is 2. The lowest BCUT2D eigenvalue weighted by Crippen LogP contribution is -2.04. The summed E-state index contributed by atoms with van der Waals surface area (Å²) in [4.78, 5) is 0. The van der Waals surface area contributed by atoms with Crippen LogP contribution in [-0.4, -0.2) is 12.2 Å². The molecule has 0 saturated heterocycles. The SMILES string of the molecule is CNCc1cnoc1-c1cc(C)cc(C)c1. The van der Waals surface area contributed by atoms with Gasteiger partial charge in [-0.05, 0) is 33.0 Å². The van der Waals surface area contributed by atoms with Gasteiger partial charge in [0.05, 0.1) is 6.20 Å². The minimum atomic E-state index is 0.770. The van der Waals surface area contributed by atoms with Gasteiger partial charge in [0.2, 0.25) is 0 Å². The van der Waals surface area contributed by atoms with Gasteiger partial charge in [0.1, 0.15) is 0 Å². The van der Waals surface area contributed by atoms with E-state index >= 15 is 0 Å². The first-order chi connectivity index (χ1) is 7.70.